The van der Waals surface area contributed by atoms with Gasteiger partial charge in [0.05, 0.1) is 16.7 Å². The Hall–Kier alpha value is -1.93. The molecule has 1 aromatic heterocycles. The molecule has 0 spiro atoms. The van der Waals surface area contributed by atoms with Crippen LogP contribution in [0.25, 0.3) is 11.0 Å². The summed E-state index contributed by atoms with van der Waals surface area (Å²) >= 11 is 0. The smallest absolute Gasteiger partial charge is 0.240 e. The summed E-state index contributed by atoms with van der Waals surface area (Å²) in [4.78, 5) is 18.1. The van der Waals surface area contributed by atoms with Crippen LogP contribution in [0.1, 0.15) is 12.7 Å². The van der Waals surface area contributed by atoms with E-state index >= 15 is 0 Å². The Morgan fingerprint density at radius 2 is 2.33 bits per heavy atom. The van der Waals surface area contributed by atoms with Gasteiger partial charge >= 0.3 is 0 Å². The minimum atomic E-state index is 0.596. The molecule has 0 aliphatic rings. The molecule has 4 heteroatoms. The lowest BCUT2D eigenvalue weighted by atomic mass is 10.3. The summed E-state index contributed by atoms with van der Waals surface area (Å²) in [6.45, 7) is 4.93. The van der Waals surface area contributed by atoms with Gasteiger partial charge in [0.2, 0.25) is 6.08 Å². The fourth-order valence-corrected chi connectivity index (χ4v) is 1.76. The summed E-state index contributed by atoms with van der Waals surface area (Å²) in [6.07, 6.45) is 1.52. The molecule has 2 aromatic rings. The van der Waals surface area contributed by atoms with E-state index in [1.54, 1.807) is 12.1 Å². The van der Waals surface area contributed by atoms with Gasteiger partial charge < -0.3 is 4.57 Å². The molecule has 76 valence electrons. The third-order valence-corrected chi connectivity index (χ3v) is 2.41. The Balaban J connectivity index is 2.69. The first kappa shape index (κ1) is 9.62. The molecule has 0 atom stereocenters. The van der Waals surface area contributed by atoms with Gasteiger partial charge in [-0.05, 0) is 32.0 Å². The quantitative estimate of drug-likeness (QED) is 0.553. The third-order valence-electron chi connectivity index (χ3n) is 2.41. The molecule has 0 bridgehead atoms. The Labute approximate surface area is 87.3 Å². The van der Waals surface area contributed by atoms with Crippen LogP contribution < -0.4 is 0 Å². The van der Waals surface area contributed by atoms with Crippen molar-refractivity contribution < 1.29 is 4.79 Å². The second-order valence-corrected chi connectivity index (χ2v) is 3.28. The van der Waals surface area contributed by atoms with Gasteiger partial charge in [0.1, 0.15) is 5.82 Å². The fourth-order valence-electron chi connectivity index (χ4n) is 1.76. The van der Waals surface area contributed by atoms with E-state index in [2.05, 4.69) is 21.5 Å². The molecule has 0 radical (unpaired) electrons. The predicted octanol–water partition coefficient (Wildman–Crippen LogP) is 2.33. The van der Waals surface area contributed by atoms with Crippen LogP contribution in [0, 0.1) is 6.92 Å². The van der Waals surface area contributed by atoms with Crippen molar-refractivity contribution in [1.82, 2.24) is 9.55 Å². The minimum Gasteiger partial charge on any atom is -0.329 e. The number of fused-ring (bicyclic) bond motifs is 1. The molecule has 0 unspecified atom stereocenters. The highest BCUT2D eigenvalue weighted by atomic mass is 16.1. The zero-order chi connectivity index (χ0) is 10.8. The molecule has 0 fully saturated rings. The Kier molecular flexibility index (Phi) is 2.35. The summed E-state index contributed by atoms with van der Waals surface area (Å²) in [7, 11) is 0. The van der Waals surface area contributed by atoms with E-state index in [0.717, 1.165) is 23.4 Å². The molecule has 2 rings (SSSR count). The van der Waals surface area contributed by atoms with Crippen molar-refractivity contribution in [2.45, 2.75) is 20.4 Å². The SMILES string of the molecule is CCn1c(C)nc2cc(N=C=O)ccc21. The maximum Gasteiger partial charge on any atom is 0.240 e. The second kappa shape index (κ2) is 3.67. The molecule has 0 aliphatic carbocycles. The Bertz CT molecular complexity index is 550. The van der Waals surface area contributed by atoms with Crippen LogP contribution in [0.2, 0.25) is 0 Å². The van der Waals surface area contributed by atoms with Gasteiger partial charge in [0.15, 0.2) is 0 Å². The first-order valence-electron chi connectivity index (χ1n) is 4.81. The molecule has 0 N–H and O–H groups in total. The third kappa shape index (κ3) is 1.55. The van der Waals surface area contributed by atoms with Gasteiger partial charge in [-0.2, -0.15) is 4.99 Å². The van der Waals surface area contributed by atoms with Crippen LogP contribution in [0.5, 0.6) is 0 Å². The average molecular weight is 201 g/mol. The van der Waals surface area contributed by atoms with Crippen LogP contribution >= 0.6 is 0 Å². The molecule has 0 amide bonds. The number of nitrogens with zero attached hydrogens (tertiary/aromatic N) is 3. The number of isocyanates is 1. The fraction of sp³-hybridized carbons (Fsp3) is 0.273. The zero-order valence-electron chi connectivity index (χ0n) is 8.69. The molecule has 0 saturated heterocycles. The van der Waals surface area contributed by atoms with Gasteiger partial charge in [0.25, 0.3) is 0 Å². The lowest BCUT2D eigenvalue weighted by molar-refractivity contribution is 0.565. The van der Waals surface area contributed by atoms with Crippen LogP contribution in [0.4, 0.5) is 5.69 Å². The highest BCUT2D eigenvalue weighted by molar-refractivity contribution is 5.80. The summed E-state index contributed by atoms with van der Waals surface area (Å²) in [5.41, 5.74) is 2.53. The van der Waals surface area contributed by atoms with Crippen molar-refractivity contribution in [1.29, 1.82) is 0 Å². The van der Waals surface area contributed by atoms with Crippen LogP contribution in [-0.4, -0.2) is 15.6 Å². The highest BCUT2D eigenvalue weighted by Gasteiger charge is 2.05. The Morgan fingerprint density at radius 3 is 3.00 bits per heavy atom. The van der Waals surface area contributed by atoms with Crippen molar-refractivity contribution in [3.8, 4) is 0 Å². The van der Waals surface area contributed by atoms with Crippen LogP contribution in [0.3, 0.4) is 0 Å². The van der Waals surface area contributed by atoms with E-state index in [9.17, 15) is 4.79 Å². The van der Waals surface area contributed by atoms with Crippen molar-refractivity contribution in [3.63, 3.8) is 0 Å². The van der Waals surface area contributed by atoms with E-state index in [4.69, 9.17) is 0 Å². The Morgan fingerprint density at radius 1 is 1.53 bits per heavy atom. The predicted molar refractivity (Wildman–Crippen MR) is 57.9 cm³/mol. The van der Waals surface area contributed by atoms with Crippen molar-refractivity contribution >= 4 is 22.8 Å². The van der Waals surface area contributed by atoms with Crippen molar-refractivity contribution in [2.24, 2.45) is 4.99 Å². The normalized spacial score (nSPS) is 10.3. The van der Waals surface area contributed by atoms with E-state index < -0.39 is 0 Å². The number of aromatic nitrogens is 2. The summed E-state index contributed by atoms with van der Waals surface area (Å²) in [5, 5.41) is 0. The van der Waals surface area contributed by atoms with Crippen LogP contribution in [0.15, 0.2) is 23.2 Å². The second-order valence-electron chi connectivity index (χ2n) is 3.28. The lowest BCUT2D eigenvalue weighted by Crippen LogP contribution is -1.95. The molecule has 0 saturated carbocycles. The van der Waals surface area contributed by atoms with Crippen LogP contribution in [-0.2, 0) is 11.3 Å². The summed E-state index contributed by atoms with van der Waals surface area (Å²) < 4.78 is 2.11. The van der Waals surface area contributed by atoms with Gasteiger partial charge in [-0.15, -0.1) is 0 Å². The highest BCUT2D eigenvalue weighted by Crippen LogP contribution is 2.21. The first-order chi connectivity index (χ1) is 7.26. The number of rotatable bonds is 2. The maximum absolute atomic E-state index is 10.1. The first-order valence-corrected chi connectivity index (χ1v) is 4.81. The minimum absolute atomic E-state index is 0.596. The molecule has 0 aliphatic heterocycles. The molecular weight excluding hydrogens is 190 g/mol. The van der Waals surface area contributed by atoms with E-state index in [1.807, 2.05) is 13.0 Å². The summed E-state index contributed by atoms with van der Waals surface area (Å²) in [6, 6.07) is 5.51. The molecule has 4 nitrogen and oxygen atoms in total. The van der Waals surface area contributed by atoms with E-state index in [-0.39, 0.29) is 0 Å². The van der Waals surface area contributed by atoms with Crippen molar-refractivity contribution in [3.05, 3.63) is 24.0 Å². The standard InChI is InChI=1S/C11H11N3O/c1-3-14-8(2)13-10-6-9(12-7-15)4-5-11(10)14/h4-6H,3H2,1-2H3. The molecule has 15 heavy (non-hydrogen) atoms. The number of aliphatic imine (C=N–C) groups is 1. The zero-order valence-corrected chi connectivity index (χ0v) is 8.69. The largest absolute Gasteiger partial charge is 0.329 e. The summed E-state index contributed by atoms with van der Waals surface area (Å²) in [5.74, 6) is 0.972. The molecule has 1 heterocycles. The monoisotopic (exact) mass is 201 g/mol. The number of aryl methyl sites for hydroxylation is 2. The van der Waals surface area contributed by atoms with Gasteiger partial charge in [-0.1, -0.05) is 0 Å². The maximum atomic E-state index is 10.1. The number of benzene rings is 1. The van der Waals surface area contributed by atoms with E-state index in [1.165, 1.54) is 6.08 Å². The van der Waals surface area contributed by atoms with Gasteiger partial charge in [0, 0.05) is 6.54 Å². The van der Waals surface area contributed by atoms with E-state index in [0.29, 0.717) is 5.69 Å². The molecular formula is C11H11N3O. The number of carbonyl (C=O) groups excluding carboxylic acids is 1. The molecule has 1 aromatic carbocycles. The topological polar surface area (TPSA) is 47.2 Å². The average Bonchev–Trinajstić information content (AvgIpc) is 2.53. The van der Waals surface area contributed by atoms with Gasteiger partial charge in [-0.25, -0.2) is 9.78 Å². The number of imidazole rings is 1. The number of hydrogen-bond donors (Lipinski definition) is 0. The van der Waals surface area contributed by atoms with Crippen molar-refractivity contribution in [2.75, 3.05) is 0 Å². The lowest BCUT2D eigenvalue weighted by Gasteiger charge is -2.00. The van der Waals surface area contributed by atoms with Gasteiger partial charge in [-0.3, -0.25) is 0 Å². The number of hydrogen-bond acceptors (Lipinski definition) is 3.